The van der Waals surface area contributed by atoms with Gasteiger partial charge in [-0.1, -0.05) is 195 Å². The van der Waals surface area contributed by atoms with Crippen LogP contribution in [0.5, 0.6) is 0 Å². The van der Waals surface area contributed by atoms with Gasteiger partial charge >= 0.3 is 0 Å². The van der Waals surface area contributed by atoms with Crippen molar-refractivity contribution in [2.45, 2.75) is 26.2 Å². The lowest BCUT2D eigenvalue weighted by molar-refractivity contribution is 0.660. The van der Waals surface area contributed by atoms with Gasteiger partial charge in [0.25, 0.3) is 0 Å². The first kappa shape index (κ1) is 40.6. The molecule has 0 spiro atoms. The van der Waals surface area contributed by atoms with E-state index in [1.54, 1.807) is 0 Å². The second-order valence-electron chi connectivity index (χ2n) is 17.9. The second kappa shape index (κ2) is 17.1. The molecule has 66 heavy (non-hydrogen) atoms. The van der Waals surface area contributed by atoms with Gasteiger partial charge in [-0.05, 0) is 146 Å². The third-order valence-corrected chi connectivity index (χ3v) is 13.4. The van der Waals surface area contributed by atoms with E-state index in [0.717, 1.165) is 34.1 Å². The molecule has 10 aromatic rings. The first-order valence-electron chi connectivity index (χ1n) is 22.9. The van der Waals surface area contributed by atoms with Gasteiger partial charge in [-0.2, -0.15) is 0 Å². The van der Waals surface area contributed by atoms with Gasteiger partial charge < -0.3 is 9.80 Å². The van der Waals surface area contributed by atoms with Crippen molar-refractivity contribution in [3.63, 3.8) is 0 Å². The van der Waals surface area contributed by atoms with Gasteiger partial charge in [-0.3, -0.25) is 0 Å². The summed E-state index contributed by atoms with van der Waals surface area (Å²) < 4.78 is 0. The minimum Gasteiger partial charge on any atom is -0.310 e. The molecule has 0 aliphatic heterocycles. The fourth-order valence-electron chi connectivity index (χ4n) is 9.74. The molecule has 1 aliphatic rings. The smallest absolute Gasteiger partial charge is 0.0465 e. The Balaban J connectivity index is 0.946. The summed E-state index contributed by atoms with van der Waals surface area (Å²) in [4.78, 5) is 4.79. The molecule has 1 aliphatic carbocycles. The highest BCUT2D eigenvalue weighted by Crippen LogP contribution is 2.52. The molecule has 2 nitrogen and oxygen atoms in total. The molecule has 10 aromatic carbocycles. The number of hydrogen-bond donors (Lipinski definition) is 0. The van der Waals surface area contributed by atoms with Crippen LogP contribution in [0, 0.1) is 6.92 Å². The molecule has 0 aromatic heterocycles. The number of hydrogen-bond acceptors (Lipinski definition) is 2. The average Bonchev–Trinajstić information content (AvgIpc) is 3.60. The van der Waals surface area contributed by atoms with Crippen LogP contribution in [0.1, 0.15) is 30.5 Å². The van der Waals surface area contributed by atoms with E-state index < -0.39 is 0 Å². The number of rotatable bonds is 10. The fraction of sp³-hybridized carbons (Fsp3) is 0.0625. The molecule has 0 saturated carbocycles. The number of anilines is 6. The second-order valence-corrected chi connectivity index (χ2v) is 17.9. The highest BCUT2D eigenvalue weighted by atomic mass is 15.1. The predicted molar refractivity (Wildman–Crippen MR) is 280 cm³/mol. The summed E-state index contributed by atoms with van der Waals surface area (Å²) in [6.45, 7) is 6.91. The Hall–Kier alpha value is -8.20. The quantitative estimate of drug-likeness (QED) is 0.135. The minimum atomic E-state index is -0.259. The average molecular weight is 847 g/mol. The van der Waals surface area contributed by atoms with Crippen LogP contribution >= 0.6 is 0 Å². The van der Waals surface area contributed by atoms with Gasteiger partial charge in [0.2, 0.25) is 0 Å². The molecule has 0 bridgehead atoms. The summed E-state index contributed by atoms with van der Waals surface area (Å²) in [6, 6.07) is 90.6. The number of nitrogens with zero attached hydrogens (tertiary/aromatic N) is 2. The molecular formula is C64H50N2. The summed E-state index contributed by atoms with van der Waals surface area (Å²) >= 11 is 0. The van der Waals surface area contributed by atoms with Crippen molar-refractivity contribution >= 4 is 34.1 Å². The van der Waals surface area contributed by atoms with Crippen molar-refractivity contribution in [2.75, 3.05) is 9.80 Å². The number of benzene rings is 10. The standard InChI is InChI=1S/C64H50N2/c1-45-19-31-54(32-20-45)65(55-37-29-53(30-38-55)50-23-21-49(22-24-50)46-13-7-4-8-14-46)58-39-41-60-61-42-40-59(44-63(61)64(2,3)62(60)43-58)66(56-33-25-51(26-34-56)47-15-9-5-10-16-47)57-35-27-52(28-36-57)48-17-11-6-12-18-48/h4-44H,1-3H3. The third kappa shape index (κ3) is 7.67. The molecule has 11 rings (SSSR count). The van der Waals surface area contributed by atoms with Crippen LogP contribution < -0.4 is 9.80 Å². The van der Waals surface area contributed by atoms with Gasteiger partial charge in [0, 0.05) is 39.5 Å². The largest absolute Gasteiger partial charge is 0.310 e. The van der Waals surface area contributed by atoms with Crippen molar-refractivity contribution in [2.24, 2.45) is 0 Å². The van der Waals surface area contributed by atoms with E-state index in [-0.39, 0.29) is 5.41 Å². The summed E-state index contributed by atoms with van der Waals surface area (Å²) in [7, 11) is 0. The molecule has 0 unspecified atom stereocenters. The fourth-order valence-corrected chi connectivity index (χ4v) is 9.74. The lowest BCUT2D eigenvalue weighted by atomic mass is 9.82. The maximum atomic E-state index is 2.42. The van der Waals surface area contributed by atoms with Crippen LogP contribution in [-0.2, 0) is 5.41 Å². The molecule has 0 saturated heterocycles. The summed E-state index contributed by atoms with van der Waals surface area (Å²) in [5.74, 6) is 0. The van der Waals surface area contributed by atoms with Crippen LogP contribution in [0.3, 0.4) is 0 Å². The number of aryl methyl sites for hydroxylation is 1. The van der Waals surface area contributed by atoms with E-state index in [0.29, 0.717) is 0 Å². The van der Waals surface area contributed by atoms with E-state index >= 15 is 0 Å². The normalized spacial score (nSPS) is 12.3. The van der Waals surface area contributed by atoms with E-state index in [1.165, 1.54) is 72.3 Å². The molecular weight excluding hydrogens is 797 g/mol. The first-order valence-corrected chi connectivity index (χ1v) is 22.9. The summed E-state index contributed by atoms with van der Waals surface area (Å²) in [5.41, 5.74) is 22.6. The van der Waals surface area contributed by atoms with Crippen LogP contribution in [0.15, 0.2) is 249 Å². The van der Waals surface area contributed by atoms with E-state index in [2.05, 4.69) is 279 Å². The van der Waals surface area contributed by atoms with E-state index in [9.17, 15) is 0 Å². The van der Waals surface area contributed by atoms with E-state index in [4.69, 9.17) is 0 Å². The Morgan fingerprint density at radius 3 is 0.803 bits per heavy atom. The Morgan fingerprint density at radius 1 is 0.258 bits per heavy atom. The van der Waals surface area contributed by atoms with Crippen molar-refractivity contribution in [3.05, 3.63) is 265 Å². The van der Waals surface area contributed by atoms with Crippen LogP contribution in [0.2, 0.25) is 0 Å². The molecule has 0 heterocycles. The minimum absolute atomic E-state index is 0.259. The molecule has 0 atom stereocenters. The molecule has 0 amide bonds. The van der Waals surface area contributed by atoms with Crippen molar-refractivity contribution < 1.29 is 0 Å². The van der Waals surface area contributed by atoms with Gasteiger partial charge in [0.15, 0.2) is 0 Å². The zero-order chi connectivity index (χ0) is 44.6. The topological polar surface area (TPSA) is 6.48 Å². The lowest BCUT2D eigenvalue weighted by Crippen LogP contribution is -2.17. The zero-order valence-corrected chi connectivity index (χ0v) is 37.6. The van der Waals surface area contributed by atoms with Crippen molar-refractivity contribution in [1.29, 1.82) is 0 Å². The maximum Gasteiger partial charge on any atom is 0.0465 e. The molecule has 2 heteroatoms. The summed E-state index contributed by atoms with van der Waals surface area (Å²) in [6.07, 6.45) is 0. The van der Waals surface area contributed by atoms with Crippen LogP contribution in [-0.4, -0.2) is 0 Å². The van der Waals surface area contributed by atoms with Crippen molar-refractivity contribution in [3.8, 4) is 55.6 Å². The Kier molecular flexibility index (Phi) is 10.5. The SMILES string of the molecule is Cc1ccc(N(c2ccc(-c3ccc(-c4ccccc4)cc3)cc2)c2ccc3c(c2)C(C)(C)c2cc(N(c4ccc(-c5ccccc5)cc4)c4ccc(-c5ccccc5)cc4)ccc2-3)cc1. The predicted octanol–water partition coefficient (Wildman–Crippen LogP) is 17.9. The molecule has 0 radical (unpaired) electrons. The number of fused-ring (bicyclic) bond motifs is 3. The summed E-state index contributed by atoms with van der Waals surface area (Å²) in [5, 5.41) is 0. The van der Waals surface area contributed by atoms with Crippen molar-refractivity contribution in [1.82, 2.24) is 0 Å². The monoisotopic (exact) mass is 846 g/mol. The maximum absolute atomic E-state index is 2.42. The van der Waals surface area contributed by atoms with Crippen LogP contribution in [0.25, 0.3) is 55.6 Å². The lowest BCUT2D eigenvalue weighted by Gasteiger charge is -2.29. The Bertz CT molecular complexity index is 3180. The Morgan fingerprint density at radius 2 is 0.500 bits per heavy atom. The molecule has 316 valence electrons. The van der Waals surface area contributed by atoms with Gasteiger partial charge in [-0.15, -0.1) is 0 Å². The molecule has 0 fully saturated rings. The van der Waals surface area contributed by atoms with Gasteiger partial charge in [0.1, 0.15) is 0 Å². The van der Waals surface area contributed by atoms with Gasteiger partial charge in [-0.25, -0.2) is 0 Å². The molecule has 0 N–H and O–H groups in total. The highest BCUT2D eigenvalue weighted by Gasteiger charge is 2.37. The van der Waals surface area contributed by atoms with Gasteiger partial charge in [0.05, 0.1) is 0 Å². The third-order valence-electron chi connectivity index (χ3n) is 13.4. The van der Waals surface area contributed by atoms with E-state index in [1.807, 2.05) is 0 Å². The zero-order valence-electron chi connectivity index (χ0n) is 37.6. The first-order chi connectivity index (χ1) is 32.4. The highest BCUT2D eigenvalue weighted by molar-refractivity contribution is 5.89. The Labute approximate surface area is 389 Å². The van der Waals surface area contributed by atoms with Crippen LogP contribution in [0.4, 0.5) is 34.1 Å².